The van der Waals surface area contributed by atoms with Crippen molar-refractivity contribution in [3.63, 3.8) is 0 Å². The molecule has 0 radical (unpaired) electrons. The second-order valence-corrected chi connectivity index (χ2v) is 8.73. The average Bonchev–Trinajstić information content (AvgIpc) is 3.01. The fourth-order valence-electron chi connectivity index (χ4n) is 3.53. The Morgan fingerprint density at radius 3 is 2.70 bits per heavy atom. The second-order valence-electron chi connectivity index (χ2n) is 6.56. The summed E-state index contributed by atoms with van der Waals surface area (Å²) in [5, 5.41) is -0.356. The lowest BCUT2D eigenvalue weighted by molar-refractivity contribution is 0.197. The van der Waals surface area contributed by atoms with Gasteiger partial charge in [-0.15, -0.1) is 0 Å². The molecule has 0 aromatic heterocycles. The smallest absolute Gasteiger partial charge is 0.219 e. The molecule has 0 N–H and O–H groups in total. The van der Waals surface area contributed by atoms with Crippen molar-refractivity contribution in [3.8, 4) is 0 Å². The van der Waals surface area contributed by atoms with Gasteiger partial charge in [-0.25, -0.2) is 8.42 Å². The zero-order chi connectivity index (χ0) is 16.3. The Bertz CT molecular complexity index is 600. The van der Waals surface area contributed by atoms with Gasteiger partial charge in [0.15, 0.2) is 0 Å². The molecule has 2 saturated heterocycles. The third-order valence-corrected chi connectivity index (χ3v) is 7.16. The number of ether oxygens (including phenoxy) is 1. The number of nitrogens with zero attached hydrogens (tertiary/aromatic N) is 2. The molecule has 0 unspecified atom stereocenters. The highest BCUT2D eigenvalue weighted by Gasteiger charge is 2.38. The van der Waals surface area contributed by atoms with Crippen LogP contribution in [0.1, 0.15) is 25.3 Å². The zero-order valence-corrected chi connectivity index (χ0v) is 14.5. The number of hydrogen-bond donors (Lipinski definition) is 0. The van der Waals surface area contributed by atoms with E-state index >= 15 is 0 Å². The van der Waals surface area contributed by atoms with Crippen LogP contribution in [0, 0.1) is 0 Å². The van der Waals surface area contributed by atoms with Gasteiger partial charge in [-0.1, -0.05) is 30.3 Å². The monoisotopic (exact) mass is 338 g/mol. The van der Waals surface area contributed by atoms with Gasteiger partial charge in [0.1, 0.15) is 5.25 Å². The van der Waals surface area contributed by atoms with E-state index in [1.54, 1.807) is 4.31 Å². The predicted molar refractivity (Wildman–Crippen MR) is 90.6 cm³/mol. The van der Waals surface area contributed by atoms with E-state index in [2.05, 4.69) is 17.0 Å². The molecule has 6 heteroatoms. The lowest BCUT2D eigenvalue weighted by atomic mass is 10.2. The highest BCUT2D eigenvalue weighted by molar-refractivity contribution is 7.89. The van der Waals surface area contributed by atoms with E-state index in [0.29, 0.717) is 26.2 Å². The third kappa shape index (κ3) is 3.94. The molecule has 0 bridgehead atoms. The van der Waals surface area contributed by atoms with Crippen LogP contribution in [0.2, 0.25) is 0 Å². The topological polar surface area (TPSA) is 49.9 Å². The first-order valence-corrected chi connectivity index (χ1v) is 9.92. The first-order chi connectivity index (χ1) is 11.1. The summed E-state index contributed by atoms with van der Waals surface area (Å²) in [5.41, 5.74) is 1.28. The van der Waals surface area contributed by atoms with Crippen molar-refractivity contribution in [3.05, 3.63) is 35.9 Å². The maximum Gasteiger partial charge on any atom is 0.219 e. The van der Waals surface area contributed by atoms with Gasteiger partial charge in [0.2, 0.25) is 10.0 Å². The summed E-state index contributed by atoms with van der Waals surface area (Å²) in [6.45, 7) is 6.15. The number of rotatable bonds is 4. The van der Waals surface area contributed by atoms with Gasteiger partial charge in [-0.2, -0.15) is 4.31 Å². The maximum absolute atomic E-state index is 12.8. The highest BCUT2D eigenvalue weighted by atomic mass is 32.2. The van der Waals surface area contributed by atoms with Crippen LogP contribution in [-0.4, -0.2) is 61.8 Å². The fraction of sp³-hybridized carbons (Fsp3) is 0.647. The Morgan fingerprint density at radius 1 is 1.22 bits per heavy atom. The summed E-state index contributed by atoms with van der Waals surface area (Å²) < 4.78 is 32.7. The summed E-state index contributed by atoms with van der Waals surface area (Å²) >= 11 is 0. The summed E-state index contributed by atoms with van der Waals surface area (Å²) in [6, 6.07) is 10.4. The van der Waals surface area contributed by atoms with E-state index in [-0.39, 0.29) is 11.3 Å². The number of sulfonamides is 1. The standard InChI is InChI=1S/C17H26N2O3S/c1-15-12-18(13-16-6-3-2-4-7-16)9-5-10-19(15)23(20,21)17-8-11-22-14-17/h2-4,6-7,15,17H,5,8-14H2,1H3/t15-,17+/m0/s1. The van der Waals surface area contributed by atoms with Crippen LogP contribution in [-0.2, 0) is 21.3 Å². The summed E-state index contributed by atoms with van der Waals surface area (Å²) in [7, 11) is -3.25. The minimum atomic E-state index is -3.25. The van der Waals surface area contributed by atoms with E-state index < -0.39 is 10.0 Å². The molecule has 2 fully saturated rings. The van der Waals surface area contributed by atoms with Crippen LogP contribution in [0.5, 0.6) is 0 Å². The molecule has 23 heavy (non-hydrogen) atoms. The van der Waals surface area contributed by atoms with Crippen LogP contribution in [0.3, 0.4) is 0 Å². The van der Waals surface area contributed by atoms with Gasteiger partial charge in [0, 0.05) is 32.3 Å². The van der Waals surface area contributed by atoms with Crippen molar-refractivity contribution >= 4 is 10.0 Å². The number of hydrogen-bond acceptors (Lipinski definition) is 4. The molecule has 1 aromatic rings. The minimum absolute atomic E-state index is 0.00631. The van der Waals surface area contributed by atoms with Crippen LogP contribution < -0.4 is 0 Å². The van der Waals surface area contributed by atoms with E-state index in [9.17, 15) is 8.42 Å². The largest absolute Gasteiger partial charge is 0.380 e. The van der Waals surface area contributed by atoms with Crippen LogP contribution in [0.25, 0.3) is 0 Å². The second kappa shape index (κ2) is 7.30. The lowest BCUT2D eigenvalue weighted by Crippen LogP contribution is -2.46. The third-order valence-electron chi connectivity index (χ3n) is 4.75. The van der Waals surface area contributed by atoms with Crippen LogP contribution in [0.15, 0.2) is 30.3 Å². The molecule has 0 amide bonds. The molecule has 1 aromatic carbocycles. The highest BCUT2D eigenvalue weighted by Crippen LogP contribution is 2.23. The molecule has 128 valence electrons. The van der Waals surface area contributed by atoms with Crippen molar-refractivity contribution in [2.45, 2.75) is 37.6 Å². The van der Waals surface area contributed by atoms with Crippen molar-refractivity contribution < 1.29 is 13.2 Å². The molecule has 0 saturated carbocycles. The Hall–Kier alpha value is -0.950. The van der Waals surface area contributed by atoms with Gasteiger partial charge in [0.25, 0.3) is 0 Å². The van der Waals surface area contributed by atoms with Crippen molar-refractivity contribution in [2.75, 3.05) is 32.8 Å². The molecule has 3 rings (SSSR count). The molecule has 0 aliphatic carbocycles. The summed E-state index contributed by atoms with van der Waals surface area (Å²) in [5.74, 6) is 0. The Labute approximate surface area is 139 Å². The van der Waals surface area contributed by atoms with Gasteiger partial charge in [-0.3, -0.25) is 4.90 Å². The molecule has 2 aliphatic heterocycles. The Balaban J connectivity index is 1.67. The number of benzene rings is 1. The fourth-order valence-corrected chi connectivity index (χ4v) is 5.53. The van der Waals surface area contributed by atoms with E-state index in [1.165, 1.54) is 5.56 Å². The molecular weight excluding hydrogens is 312 g/mol. The lowest BCUT2D eigenvalue weighted by Gasteiger charge is -2.30. The van der Waals surface area contributed by atoms with Gasteiger partial charge in [-0.05, 0) is 31.9 Å². The van der Waals surface area contributed by atoms with Gasteiger partial charge < -0.3 is 4.74 Å². The first-order valence-electron chi connectivity index (χ1n) is 8.42. The quantitative estimate of drug-likeness (QED) is 0.838. The molecule has 2 heterocycles. The SMILES string of the molecule is C[C@H]1CN(Cc2ccccc2)CCCN1S(=O)(=O)[C@@H]1CCOC1. The Kier molecular flexibility index (Phi) is 5.36. The van der Waals surface area contributed by atoms with E-state index in [4.69, 9.17) is 4.74 Å². The summed E-state index contributed by atoms with van der Waals surface area (Å²) in [4.78, 5) is 2.36. The maximum atomic E-state index is 12.8. The van der Waals surface area contributed by atoms with E-state index in [1.807, 2.05) is 25.1 Å². The Morgan fingerprint density at radius 2 is 2.00 bits per heavy atom. The van der Waals surface area contributed by atoms with Gasteiger partial charge >= 0.3 is 0 Å². The minimum Gasteiger partial charge on any atom is -0.380 e. The van der Waals surface area contributed by atoms with Crippen LogP contribution in [0.4, 0.5) is 0 Å². The molecule has 5 nitrogen and oxygen atoms in total. The molecule has 2 atom stereocenters. The molecular formula is C17H26N2O3S. The van der Waals surface area contributed by atoms with Crippen molar-refractivity contribution in [2.24, 2.45) is 0 Å². The van der Waals surface area contributed by atoms with Crippen molar-refractivity contribution in [1.82, 2.24) is 9.21 Å². The average molecular weight is 338 g/mol. The molecule has 2 aliphatic rings. The van der Waals surface area contributed by atoms with Gasteiger partial charge in [0.05, 0.1) is 6.61 Å². The zero-order valence-electron chi connectivity index (χ0n) is 13.7. The van der Waals surface area contributed by atoms with Crippen LogP contribution >= 0.6 is 0 Å². The normalized spacial score (nSPS) is 27.9. The summed E-state index contributed by atoms with van der Waals surface area (Å²) in [6.07, 6.45) is 1.50. The van der Waals surface area contributed by atoms with Crippen molar-refractivity contribution in [1.29, 1.82) is 0 Å². The first kappa shape index (κ1) is 16.9. The molecule has 0 spiro atoms. The van der Waals surface area contributed by atoms with E-state index in [0.717, 1.165) is 26.1 Å². The predicted octanol–water partition coefficient (Wildman–Crippen LogP) is 1.70.